The Morgan fingerprint density at radius 2 is 1.86 bits per heavy atom. The number of thiazole rings is 1. The minimum atomic E-state index is -0.350. The summed E-state index contributed by atoms with van der Waals surface area (Å²) in [4.78, 5) is 42.7. The molecule has 3 amide bonds. The van der Waals surface area contributed by atoms with E-state index in [1.165, 1.54) is 16.2 Å². The molecule has 1 aromatic heterocycles. The van der Waals surface area contributed by atoms with Gasteiger partial charge in [0.1, 0.15) is 6.54 Å². The number of hydrogen-bond acceptors (Lipinski definition) is 5. The van der Waals surface area contributed by atoms with Gasteiger partial charge in [-0.1, -0.05) is 18.5 Å². The summed E-state index contributed by atoms with van der Waals surface area (Å²) >= 11 is 7.12. The molecule has 0 radical (unpaired) electrons. The van der Waals surface area contributed by atoms with Gasteiger partial charge in [-0.2, -0.15) is 0 Å². The number of rotatable bonds is 9. The molecule has 0 aliphatic carbocycles. The van der Waals surface area contributed by atoms with Crippen molar-refractivity contribution in [2.24, 2.45) is 0 Å². The predicted octanol–water partition coefficient (Wildman–Crippen LogP) is 3.35. The highest BCUT2D eigenvalue weighted by atomic mass is 35.5. The quantitative estimate of drug-likeness (QED) is 0.630. The van der Waals surface area contributed by atoms with Gasteiger partial charge in [0.2, 0.25) is 11.8 Å². The van der Waals surface area contributed by atoms with Crippen LogP contribution in [0.5, 0.6) is 0 Å². The van der Waals surface area contributed by atoms with Crippen LogP contribution >= 0.6 is 22.9 Å². The lowest BCUT2D eigenvalue weighted by molar-refractivity contribution is -0.120. The van der Waals surface area contributed by atoms with Crippen LogP contribution in [0.1, 0.15) is 43.2 Å². The third-order valence-electron chi connectivity index (χ3n) is 4.00. The Kier molecular flexibility index (Phi) is 8.60. The maximum atomic E-state index is 12.7. The van der Waals surface area contributed by atoms with Crippen molar-refractivity contribution >= 4 is 45.8 Å². The number of carbonyl (C=O) groups is 3. The van der Waals surface area contributed by atoms with Gasteiger partial charge in [0, 0.05) is 28.6 Å². The number of aromatic nitrogens is 1. The monoisotopic (exact) mass is 436 g/mol. The first-order valence-corrected chi connectivity index (χ1v) is 10.6. The van der Waals surface area contributed by atoms with Crippen LogP contribution in [0.15, 0.2) is 29.6 Å². The lowest BCUT2D eigenvalue weighted by Gasteiger charge is -2.26. The molecule has 1 aromatic carbocycles. The van der Waals surface area contributed by atoms with Crippen LogP contribution in [0.3, 0.4) is 0 Å². The van der Waals surface area contributed by atoms with E-state index in [1.54, 1.807) is 29.6 Å². The van der Waals surface area contributed by atoms with Gasteiger partial charge in [0.15, 0.2) is 5.13 Å². The molecule has 0 aliphatic heterocycles. The van der Waals surface area contributed by atoms with Crippen molar-refractivity contribution in [3.63, 3.8) is 0 Å². The van der Waals surface area contributed by atoms with Crippen molar-refractivity contribution < 1.29 is 14.4 Å². The van der Waals surface area contributed by atoms with Gasteiger partial charge in [-0.05, 0) is 44.5 Å². The second-order valence-corrected chi connectivity index (χ2v) is 8.05. The normalized spacial score (nSPS) is 10.7. The van der Waals surface area contributed by atoms with Gasteiger partial charge >= 0.3 is 0 Å². The van der Waals surface area contributed by atoms with Crippen LogP contribution in [-0.2, 0) is 16.0 Å². The van der Waals surface area contributed by atoms with Crippen LogP contribution in [0.4, 0.5) is 5.13 Å². The van der Waals surface area contributed by atoms with Crippen molar-refractivity contribution in [2.45, 2.75) is 39.7 Å². The molecule has 1 heterocycles. The first-order chi connectivity index (χ1) is 13.8. The maximum absolute atomic E-state index is 12.7. The summed E-state index contributed by atoms with van der Waals surface area (Å²) in [6, 6.07) is 6.38. The van der Waals surface area contributed by atoms with Crippen molar-refractivity contribution in [3.8, 4) is 0 Å². The molecular formula is C20H25ClN4O3S. The Morgan fingerprint density at radius 3 is 2.48 bits per heavy atom. The Morgan fingerprint density at radius 1 is 1.17 bits per heavy atom. The number of halogens is 1. The Labute approximate surface area is 179 Å². The second-order valence-electron chi connectivity index (χ2n) is 6.75. The third kappa shape index (κ3) is 7.14. The highest BCUT2D eigenvalue weighted by Gasteiger charge is 2.22. The zero-order valence-electron chi connectivity index (χ0n) is 16.7. The number of carbonyl (C=O) groups excluding carboxylic acids is 3. The van der Waals surface area contributed by atoms with E-state index < -0.39 is 0 Å². The Bertz CT molecular complexity index is 852. The van der Waals surface area contributed by atoms with Crippen LogP contribution in [-0.4, -0.2) is 46.7 Å². The van der Waals surface area contributed by atoms with Crippen LogP contribution in [0.2, 0.25) is 5.02 Å². The molecule has 0 unspecified atom stereocenters. The largest absolute Gasteiger partial charge is 0.356 e. The summed E-state index contributed by atoms with van der Waals surface area (Å²) < 4.78 is 0. The van der Waals surface area contributed by atoms with E-state index in [0.29, 0.717) is 28.0 Å². The number of anilines is 1. The minimum Gasteiger partial charge on any atom is -0.356 e. The number of benzene rings is 1. The molecule has 0 bridgehead atoms. The molecule has 9 heteroatoms. The van der Waals surface area contributed by atoms with Crippen molar-refractivity contribution in [1.29, 1.82) is 0 Å². The molecule has 0 saturated heterocycles. The molecule has 2 N–H and O–H groups in total. The number of hydrogen-bond donors (Lipinski definition) is 2. The Hall–Kier alpha value is -2.45. The lowest BCUT2D eigenvalue weighted by Crippen LogP contribution is -2.42. The van der Waals surface area contributed by atoms with E-state index in [1.807, 2.05) is 20.8 Å². The van der Waals surface area contributed by atoms with Crippen molar-refractivity contribution in [1.82, 2.24) is 15.2 Å². The zero-order valence-corrected chi connectivity index (χ0v) is 18.3. The van der Waals surface area contributed by atoms with Gasteiger partial charge in [0.05, 0.1) is 12.1 Å². The Balaban J connectivity index is 1.96. The van der Waals surface area contributed by atoms with Gasteiger partial charge in [-0.3, -0.25) is 14.4 Å². The minimum absolute atomic E-state index is 0.102. The number of nitrogens with zero attached hydrogens (tertiary/aromatic N) is 2. The fourth-order valence-electron chi connectivity index (χ4n) is 2.50. The average Bonchev–Trinajstić information content (AvgIpc) is 3.10. The summed E-state index contributed by atoms with van der Waals surface area (Å²) in [5, 5.41) is 8.16. The third-order valence-corrected chi connectivity index (χ3v) is 5.06. The lowest BCUT2D eigenvalue weighted by atomic mass is 10.1. The average molecular weight is 437 g/mol. The van der Waals surface area contributed by atoms with Gasteiger partial charge in [-0.25, -0.2) is 4.98 Å². The van der Waals surface area contributed by atoms with E-state index in [-0.39, 0.29) is 36.7 Å². The first-order valence-electron chi connectivity index (χ1n) is 9.37. The van der Waals surface area contributed by atoms with Crippen LogP contribution in [0, 0.1) is 0 Å². The van der Waals surface area contributed by atoms with E-state index in [9.17, 15) is 14.4 Å². The molecule has 7 nitrogen and oxygen atoms in total. The van der Waals surface area contributed by atoms with Crippen LogP contribution < -0.4 is 10.6 Å². The first kappa shape index (κ1) is 22.8. The van der Waals surface area contributed by atoms with Gasteiger partial charge < -0.3 is 15.5 Å². The van der Waals surface area contributed by atoms with E-state index in [4.69, 9.17) is 11.6 Å². The van der Waals surface area contributed by atoms with Crippen molar-refractivity contribution in [3.05, 3.63) is 45.9 Å². The molecule has 2 aromatic rings. The van der Waals surface area contributed by atoms with Gasteiger partial charge in [-0.15, -0.1) is 11.3 Å². The van der Waals surface area contributed by atoms with Gasteiger partial charge in [0.25, 0.3) is 5.91 Å². The second kappa shape index (κ2) is 10.9. The molecule has 0 spiro atoms. The predicted molar refractivity (Wildman–Crippen MR) is 115 cm³/mol. The molecule has 29 heavy (non-hydrogen) atoms. The number of amides is 3. The zero-order chi connectivity index (χ0) is 21.4. The smallest absolute Gasteiger partial charge is 0.254 e. The molecular weight excluding hydrogens is 412 g/mol. The van der Waals surface area contributed by atoms with E-state index in [0.717, 1.165) is 6.42 Å². The maximum Gasteiger partial charge on any atom is 0.254 e. The van der Waals surface area contributed by atoms with E-state index in [2.05, 4.69) is 15.6 Å². The summed E-state index contributed by atoms with van der Waals surface area (Å²) in [5.41, 5.74) is 1.06. The molecule has 0 atom stereocenters. The van der Waals surface area contributed by atoms with Crippen LogP contribution in [0.25, 0.3) is 0 Å². The van der Waals surface area contributed by atoms with E-state index >= 15 is 0 Å². The summed E-state index contributed by atoms with van der Waals surface area (Å²) in [6.07, 6.45) is 1.03. The highest BCUT2D eigenvalue weighted by molar-refractivity contribution is 7.13. The fourth-order valence-corrected chi connectivity index (χ4v) is 3.35. The highest BCUT2D eigenvalue weighted by Crippen LogP contribution is 2.17. The summed E-state index contributed by atoms with van der Waals surface area (Å²) in [5.74, 6) is -0.703. The van der Waals surface area contributed by atoms with Crippen molar-refractivity contribution in [2.75, 3.05) is 18.4 Å². The molecule has 2 rings (SSSR count). The fraction of sp³-hybridized carbons (Fsp3) is 0.400. The topological polar surface area (TPSA) is 91.4 Å². The standard InChI is InChI=1S/C20H25ClN4O3S/c1-4-9-22-17(26)10-16-12-29-20(23-16)24-18(27)11-25(13(2)3)19(28)14-5-7-15(21)8-6-14/h5-8,12-13H,4,9-11H2,1-3H3,(H,22,26)(H,23,24,27). The molecule has 156 valence electrons. The SMILES string of the molecule is CCCNC(=O)Cc1csc(NC(=O)CN(C(=O)c2ccc(Cl)cc2)C(C)C)n1. The summed E-state index contributed by atoms with van der Waals surface area (Å²) in [6.45, 7) is 6.19. The number of nitrogens with one attached hydrogen (secondary N) is 2. The molecule has 0 fully saturated rings. The summed E-state index contributed by atoms with van der Waals surface area (Å²) in [7, 11) is 0. The molecule has 0 aliphatic rings. The molecule has 0 saturated carbocycles.